The number of ether oxygens (including phenoxy) is 1. The second-order valence-electron chi connectivity index (χ2n) is 12.6. The van der Waals surface area contributed by atoms with Gasteiger partial charge in [0.15, 0.2) is 0 Å². The highest BCUT2D eigenvalue weighted by atomic mass is 19.1. The molecule has 5 heteroatoms. The topological polar surface area (TPSA) is 46.5 Å². The first-order valence-corrected chi connectivity index (χ1v) is 16.4. The molecule has 0 aromatic heterocycles. The van der Waals surface area contributed by atoms with Gasteiger partial charge in [-0.15, -0.1) is 0 Å². The molecule has 1 unspecified atom stereocenters. The molecule has 0 radical (unpaired) electrons. The van der Waals surface area contributed by atoms with Gasteiger partial charge in [-0.05, 0) is 110 Å². The van der Waals surface area contributed by atoms with Crippen molar-refractivity contribution in [3.8, 4) is 22.3 Å². The fourth-order valence-electron chi connectivity index (χ4n) is 6.58. The van der Waals surface area contributed by atoms with Crippen molar-refractivity contribution in [2.75, 3.05) is 13.2 Å². The van der Waals surface area contributed by atoms with E-state index < -0.39 is 5.97 Å². The van der Waals surface area contributed by atoms with E-state index in [9.17, 15) is 9.90 Å². The first kappa shape index (κ1) is 33.6. The van der Waals surface area contributed by atoms with E-state index in [4.69, 9.17) is 4.74 Å². The highest BCUT2D eigenvalue weighted by Crippen LogP contribution is 2.40. The van der Waals surface area contributed by atoms with Crippen LogP contribution in [0.2, 0.25) is 0 Å². The summed E-state index contributed by atoms with van der Waals surface area (Å²) in [4.78, 5) is 11.7. The molecule has 3 aromatic carbocycles. The Kier molecular flexibility index (Phi) is 12.3. The molecular formula is C39H48F2O3. The van der Waals surface area contributed by atoms with Gasteiger partial charge in [-0.1, -0.05) is 75.7 Å². The van der Waals surface area contributed by atoms with Gasteiger partial charge in [-0.25, -0.2) is 13.6 Å². The lowest BCUT2D eigenvalue weighted by molar-refractivity contribution is -0.140. The van der Waals surface area contributed by atoms with E-state index in [0.717, 1.165) is 56.1 Å². The average molecular weight is 603 g/mol. The first-order chi connectivity index (χ1) is 21.2. The molecule has 0 heterocycles. The fourth-order valence-corrected chi connectivity index (χ4v) is 6.58. The Morgan fingerprint density at radius 3 is 2.18 bits per heavy atom. The molecule has 1 atom stereocenters. The van der Waals surface area contributed by atoms with E-state index in [1.54, 1.807) is 25.1 Å². The van der Waals surface area contributed by atoms with E-state index >= 15 is 8.78 Å². The summed E-state index contributed by atoms with van der Waals surface area (Å²) in [5, 5.41) is 9.76. The van der Waals surface area contributed by atoms with Gasteiger partial charge in [0, 0.05) is 29.2 Å². The van der Waals surface area contributed by atoms with Crippen LogP contribution in [0.25, 0.3) is 22.3 Å². The minimum atomic E-state index is -0.426. The zero-order chi connectivity index (χ0) is 31.6. The van der Waals surface area contributed by atoms with E-state index in [1.807, 2.05) is 18.2 Å². The predicted molar refractivity (Wildman–Crippen MR) is 176 cm³/mol. The van der Waals surface area contributed by atoms with E-state index in [-0.39, 0.29) is 36.7 Å². The summed E-state index contributed by atoms with van der Waals surface area (Å²) >= 11 is 0. The minimum Gasteiger partial charge on any atom is -0.462 e. The molecule has 44 heavy (non-hydrogen) atoms. The summed E-state index contributed by atoms with van der Waals surface area (Å²) in [5.74, 6) is -0.498. The molecule has 0 amide bonds. The van der Waals surface area contributed by atoms with Crippen LogP contribution >= 0.6 is 0 Å². The summed E-state index contributed by atoms with van der Waals surface area (Å²) in [5.41, 5.74) is 6.26. The molecule has 3 aromatic rings. The van der Waals surface area contributed by atoms with Gasteiger partial charge in [-0.3, -0.25) is 0 Å². The normalized spacial score (nSPS) is 17.3. The maximum Gasteiger partial charge on any atom is 0.333 e. The number of halogens is 2. The fraction of sp³-hybridized carbons (Fsp3) is 0.462. The Labute approximate surface area is 262 Å². The van der Waals surface area contributed by atoms with Crippen molar-refractivity contribution in [1.82, 2.24) is 0 Å². The van der Waals surface area contributed by atoms with Gasteiger partial charge in [0.05, 0.1) is 6.61 Å². The van der Waals surface area contributed by atoms with Crippen molar-refractivity contribution in [3.63, 3.8) is 0 Å². The summed E-state index contributed by atoms with van der Waals surface area (Å²) in [6.07, 6.45) is 10.1. The maximum absolute atomic E-state index is 15.4. The lowest BCUT2D eigenvalue weighted by Gasteiger charge is -2.31. The van der Waals surface area contributed by atoms with Crippen molar-refractivity contribution in [1.29, 1.82) is 0 Å². The van der Waals surface area contributed by atoms with Gasteiger partial charge >= 0.3 is 5.97 Å². The van der Waals surface area contributed by atoms with Gasteiger partial charge in [0.25, 0.3) is 0 Å². The number of rotatable bonds is 14. The Balaban J connectivity index is 1.38. The van der Waals surface area contributed by atoms with Crippen LogP contribution in [0.3, 0.4) is 0 Å². The van der Waals surface area contributed by atoms with E-state index in [2.05, 4.69) is 32.6 Å². The number of carbonyl (C=O) groups excluding carboxylic acids is 1. The lowest BCUT2D eigenvalue weighted by atomic mass is 9.75. The van der Waals surface area contributed by atoms with Gasteiger partial charge < -0.3 is 9.84 Å². The number of carbonyl (C=O) groups is 1. The first-order valence-electron chi connectivity index (χ1n) is 16.4. The number of hydrogen-bond donors (Lipinski definition) is 1. The zero-order valence-electron chi connectivity index (χ0n) is 26.6. The summed E-state index contributed by atoms with van der Waals surface area (Å²) in [6, 6.07) is 16.6. The van der Waals surface area contributed by atoms with Crippen LogP contribution in [-0.4, -0.2) is 24.3 Å². The molecular weight excluding hydrogens is 554 g/mol. The Hall–Kier alpha value is -3.31. The Bertz CT molecular complexity index is 1420. The number of unbranched alkanes of at least 4 members (excludes halogenated alkanes) is 2. The van der Waals surface area contributed by atoms with Crippen molar-refractivity contribution in [3.05, 3.63) is 95.1 Å². The Morgan fingerprint density at radius 2 is 1.57 bits per heavy atom. The number of hydrogen-bond acceptors (Lipinski definition) is 3. The second kappa shape index (κ2) is 16.1. The quantitative estimate of drug-likeness (QED) is 0.113. The molecule has 1 aliphatic rings. The number of aryl methyl sites for hydroxylation is 2. The number of esters is 1. The smallest absolute Gasteiger partial charge is 0.333 e. The van der Waals surface area contributed by atoms with E-state index in [1.165, 1.54) is 36.5 Å². The average Bonchev–Trinajstić information content (AvgIpc) is 3.03. The summed E-state index contributed by atoms with van der Waals surface area (Å²) in [7, 11) is 0. The van der Waals surface area contributed by atoms with Gasteiger partial charge in [0.1, 0.15) is 11.6 Å². The lowest BCUT2D eigenvalue weighted by Crippen LogP contribution is -2.23. The van der Waals surface area contributed by atoms with Crippen molar-refractivity contribution < 1.29 is 23.4 Å². The standard InChI is InChI=1S/C39H48F2O3/c1-5-7-8-9-30-14-15-33(21-29(30)6-2)35-19-17-34(23-38(35)41)36-18-16-32(22-37(36)40)31-12-10-27(11-13-31)20-28(24-42)25-44-39(43)26(3)4/h14-19,21-23,27-28,31,42H,3,5-13,20,24-25H2,1-2,4H3. The van der Waals surface area contributed by atoms with Gasteiger partial charge in [0.2, 0.25) is 0 Å². The van der Waals surface area contributed by atoms with Crippen molar-refractivity contribution in [2.45, 2.75) is 90.9 Å². The molecule has 0 bridgehead atoms. The van der Waals surface area contributed by atoms with Gasteiger partial charge in [-0.2, -0.15) is 0 Å². The summed E-state index contributed by atoms with van der Waals surface area (Å²) in [6.45, 7) is 9.72. The maximum atomic E-state index is 15.4. The number of benzene rings is 3. The minimum absolute atomic E-state index is 0.0250. The van der Waals surface area contributed by atoms with Crippen molar-refractivity contribution in [2.24, 2.45) is 11.8 Å². The third-order valence-corrected chi connectivity index (χ3v) is 9.26. The molecule has 1 N–H and O–H groups in total. The molecule has 4 rings (SSSR count). The number of aliphatic hydroxyl groups is 1. The van der Waals surface area contributed by atoms with Crippen LogP contribution < -0.4 is 0 Å². The highest BCUT2D eigenvalue weighted by Gasteiger charge is 2.26. The van der Waals surface area contributed by atoms with Crippen LogP contribution in [0.1, 0.15) is 94.7 Å². The molecule has 3 nitrogen and oxygen atoms in total. The molecule has 1 aliphatic carbocycles. The third kappa shape index (κ3) is 8.65. The second-order valence-corrected chi connectivity index (χ2v) is 12.6. The van der Waals surface area contributed by atoms with Crippen LogP contribution in [0, 0.1) is 23.5 Å². The molecule has 0 aliphatic heterocycles. The van der Waals surface area contributed by atoms with Crippen LogP contribution in [0.5, 0.6) is 0 Å². The molecule has 1 fully saturated rings. The summed E-state index contributed by atoms with van der Waals surface area (Å²) < 4.78 is 36.1. The SMILES string of the molecule is C=C(C)C(=O)OCC(CO)CC1CCC(c2ccc(-c3ccc(-c4ccc(CCCCC)c(CC)c4)c(F)c3)c(F)c2)CC1. The van der Waals surface area contributed by atoms with Crippen LogP contribution in [0.4, 0.5) is 8.78 Å². The van der Waals surface area contributed by atoms with E-state index in [0.29, 0.717) is 28.2 Å². The number of aliphatic hydroxyl groups excluding tert-OH is 1. The molecule has 1 saturated carbocycles. The van der Waals surface area contributed by atoms with Crippen molar-refractivity contribution >= 4 is 5.97 Å². The third-order valence-electron chi connectivity index (χ3n) is 9.26. The predicted octanol–water partition coefficient (Wildman–Crippen LogP) is 9.99. The highest BCUT2D eigenvalue weighted by molar-refractivity contribution is 5.86. The Morgan fingerprint density at radius 1 is 0.909 bits per heavy atom. The molecule has 0 saturated heterocycles. The van der Waals surface area contributed by atoms with Crippen LogP contribution in [-0.2, 0) is 22.4 Å². The monoisotopic (exact) mass is 602 g/mol. The molecule has 0 spiro atoms. The van der Waals surface area contributed by atoms with Crippen LogP contribution in [0.15, 0.2) is 66.7 Å². The zero-order valence-corrected chi connectivity index (χ0v) is 26.6. The largest absolute Gasteiger partial charge is 0.462 e. The molecule has 236 valence electrons.